The summed E-state index contributed by atoms with van der Waals surface area (Å²) >= 11 is 0. The van der Waals surface area contributed by atoms with Crippen molar-refractivity contribution in [2.75, 3.05) is 31.2 Å². The first-order valence-corrected chi connectivity index (χ1v) is 8.43. The highest BCUT2D eigenvalue weighted by atomic mass is 19.1. The van der Waals surface area contributed by atoms with Crippen LogP contribution in [0.2, 0.25) is 0 Å². The van der Waals surface area contributed by atoms with Gasteiger partial charge in [0.1, 0.15) is 5.56 Å². The number of carbonyl (C=O) groups is 1. The average molecular weight is 369 g/mol. The summed E-state index contributed by atoms with van der Waals surface area (Å²) < 4.78 is 21.5. The molecule has 4 rings (SSSR count). The third kappa shape index (κ3) is 3.04. The smallest absolute Gasteiger partial charge is 0.341 e. The van der Waals surface area contributed by atoms with Gasteiger partial charge in [-0.05, 0) is 18.2 Å². The van der Waals surface area contributed by atoms with E-state index in [9.17, 15) is 19.1 Å². The lowest BCUT2D eigenvalue weighted by molar-refractivity contribution is 0.0695. The molecule has 1 N–H and O–H groups in total. The van der Waals surface area contributed by atoms with Crippen molar-refractivity contribution in [3.8, 4) is 5.69 Å². The quantitative estimate of drug-likeness (QED) is 0.761. The van der Waals surface area contributed by atoms with E-state index < -0.39 is 22.8 Å². The van der Waals surface area contributed by atoms with Crippen molar-refractivity contribution in [2.45, 2.75) is 0 Å². The summed E-state index contributed by atoms with van der Waals surface area (Å²) in [6, 6.07) is 9.97. The molecule has 0 bridgehead atoms. The van der Waals surface area contributed by atoms with Gasteiger partial charge in [-0.15, -0.1) is 0 Å². The van der Waals surface area contributed by atoms with E-state index in [1.165, 1.54) is 10.8 Å². The van der Waals surface area contributed by atoms with Crippen molar-refractivity contribution in [1.82, 2.24) is 9.55 Å². The molecular formula is C19H16FN3O4. The highest BCUT2D eigenvalue weighted by Crippen LogP contribution is 2.24. The van der Waals surface area contributed by atoms with Gasteiger partial charge < -0.3 is 19.3 Å². The molecule has 1 aliphatic rings. The number of ether oxygens (including phenoxy) is 1. The van der Waals surface area contributed by atoms with E-state index in [0.29, 0.717) is 32.0 Å². The van der Waals surface area contributed by atoms with Crippen LogP contribution in [0.15, 0.2) is 47.4 Å². The first-order valence-electron chi connectivity index (χ1n) is 8.43. The van der Waals surface area contributed by atoms with Gasteiger partial charge in [0.2, 0.25) is 5.43 Å². The molecule has 3 heterocycles. The maximum absolute atomic E-state index is 14.7. The van der Waals surface area contributed by atoms with E-state index in [4.69, 9.17) is 4.74 Å². The van der Waals surface area contributed by atoms with Gasteiger partial charge in [-0.2, -0.15) is 0 Å². The van der Waals surface area contributed by atoms with Gasteiger partial charge in [0.25, 0.3) is 0 Å². The van der Waals surface area contributed by atoms with Gasteiger partial charge in [0.15, 0.2) is 17.3 Å². The molecule has 138 valence electrons. The molecule has 1 aromatic carbocycles. The van der Waals surface area contributed by atoms with Gasteiger partial charge in [-0.25, -0.2) is 14.2 Å². The Morgan fingerprint density at radius 3 is 2.56 bits per heavy atom. The van der Waals surface area contributed by atoms with Crippen LogP contribution in [-0.4, -0.2) is 46.9 Å². The molecule has 1 saturated heterocycles. The minimum Gasteiger partial charge on any atom is -0.477 e. The van der Waals surface area contributed by atoms with Crippen LogP contribution in [0.4, 0.5) is 10.2 Å². The lowest BCUT2D eigenvalue weighted by Crippen LogP contribution is -2.37. The van der Waals surface area contributed by atoms with Crippen molar-refractivity contribution >= 4 is 22.8 Å². The molecule has 27 heavy (non-hydrogen) atoms. The Morgan fingerprint density at radius 2 is 1.89 bits per heavy atom. The predicted octanol–water partition coefficient (Wildman–Crippen LogP) is 2.06. The fourth-order valence-electron chi connectivity index (χ4n) is 3.15. The number of anilines is 1. The lowest BCUT2D eigenvalue weighted by Gasteiger charge is -2.28. The van der Waals surface area contributed by atoms with Crippen LogP contribution in [-0.2, 0) is 4.74 Å². The third-order valence-corrected chi connectivity index (χ3v) is 4.49. The zero-order valence-electron chi connectivity index (χ0n) is 14.3. The van der Waals surface area contributed by atoms with Crippen LogP contribution in [0.1, 0.15) is 10.4 Å². The summed E-state index contributed by atoms with van der Waals surface area (Å²) in [4.78, 5) is 30.2. The van der Waals surface area contributed by atoms with Gasteiger partial charge >= 0.3 is 5.97 Å². The standard InChI is InChI=1S/C19H16FN3O4/c20-15-10-13-16(24)14(19(25)26)11-23(12-4-2-1-3-5-12)17(13)21-18(15)22-6-8-27-9-7-22/h1-5,10-11H,6-9H2,(H,25,26). The molecule has 8 heteroatoms. The topological polar surface area (TPSA) is 84.7 Å². The summed E-state index contributed by atoms with van der Waals surface area (Å²) in [5.41, 5.74) is -0.368. The van der Waals surface area contributed by atoms with Crippen molar-refractivity contribution in [3.05, 3.63) is 64.2 Å². The highest BCUT2D eigenvalue weighted by Gasteiger charge is 2.22. The van der Waals surface area contributed by atoms with Crippen molar-refractivity contribution in [1.29, 1.82) is 0 Å². The van der Waals surface area contributed by atoms with Gasteiger partial charge in [-0.1, -0.05) is 18.2 Å². The molecule has 1 fully saturated rings. The molecule has 0 atom stereocenters. The molecule has 0 radical (unpaired) electrons. The fourth-order valence-corrected chi connectivity index (χ4v) is 3.15. The Hall–Kier alpha value is -3.26. The molecule has 0 aliphatic carbocycles. The van der Waals surface area contributed by atoms with E-state index in [1.54, 1.807) is 29.2 Å². The number of morpholine rings is 1. The summed E-state index contributed by atoms with van der Waals surface area (Å²) in [6.07, 6.45) is 1.23. The summed E-state index contributed by atoms with van der Waals surface area (Å²) in [6.45, 7) is 1.89. The molecule has 2 aromatic heterocycles. The van der Waals surface area contributed by atoms with Crippen LogP contribution in [0.25, 0.3) is 16.7 Å². The summed E-state index contributed by atoms with van der Waals surface area (Å²) in [5, 5.41) is 9.30. The number of fused-ring (bicyclic) bond motifs is 1. The second-order valence-electron chi connectivity index (χ2n) is 6.15. The molecule has 0 saturated carbocycles. The van der Waals surface area contributed by atoms with E-state index in [0.717, 1.165) is 6.07 Å². The Morgan fingerprint density at radius 1 is 1.19 bits per heavy atom. The zero-order valence-corrected chi connectivity index (χ0v) is 14.3. The second-order valence-corrected chi connectivity index (χ2v) is 6.15. The second kappa shape index (κ2) is 6.81. The Kier molecular flexibility index (Phi) is 4.33. The zero-order chi connectivity index (χ0) is 19.0. The number of aromatic nitrogens is 2. The number of hydrogen-bond donors (Lipinski definition) is 1. The predicted molar refractivity (Wildman–Crippen MR) is 97.3 cm³/mol. The summed E-state index contributed by atoms with van der Waals surface area (Å²) in [7, 11) is 0. The molecule has 0 spiro atoms. The summed E-state index contributed by atoms with van der Waals surface area (Å²) in [5.74, 6) is -1.91. The number of rotatable bonds is 3. The first kappa shape index (κ1) is 17.2. The normalized spacial score (nSPS) is 14.5. The van der Waals surface area contributed by atoms with Crippen molar-refractivity contribution in [2.24, 2.45) is 0 Å². The van der Waals surface area contributed by atoms with Crippen molar-refractivity contribution < 1.29 is 19.0 Å². The van der Waals surface area contributed by atoms with Gasteiger partial charge in [0, 0.05) is 25.0 Å². The third-order valence-electron chi connectivity index (χ3n) is 4.49. The molecule has 7 nitrogen and oxygen atoms in total. The van der Waals surface area contributed by atoms with Gasteiger partial charge in [-0.3, -0.25) is 4.79 Å². The molecule has 0 amide bonds. The first-order chi connectivity index (χ1) is 13.1. The lowest BCUT2D eigenvalue weighted by atomic mass is 10.1. The number of pyridine rings is 2. The van der Waals surface area contributed by atoms with Crippen LogP contribution >= 0.6 is 0 Å². The van der Waals surface area contributed by atoms with E-state index in [2.05, 4.69) is 4.98 Å². The van der Waals surface area contributed by atoms with Gasteiger partial charge in [0.05, 0.1) is 18.6 Å². The number of carboxylic acids is 1. The molecule has 0 unspecified atom stereocenters. The Labute approximate surface area is 153 Å². The van der Waals surface area contributed by atoms with Crippen molar-refractivity contribution in [3.63, 3.8) is 0 Å². The molecular weight excluding hydrogens is 353 g/mol. The molecule has 1 aliphatic heterocycles. The number of hydrogen-bond acceptors (Lipinski definition) is 5. The van der Waals surface area contributed by atoms with E-state index >= 15 is 0 Å². The Balaban J connectivity index is 2.02. The fraction of sp³-hybridized carbons (Fsp3) is 0.211. The number of benzene rings is 1. The number of carboxylic acid groups (broad SMARTS) is 1. The maximum atomic E-state index is 14.7. The minimum absolute atomic E-state index is 0.0757. The van der Waals surface area contributed by atoms with E-state index in [-0.39, 0.29) is 16.9 Å². The van der Waals surface area contributed by atoms with Crippen LogP contribution < -0.4 is 10.3 Å². The number of para-hydroxylation sites is 1. The van der Waals surface area contributed by atoms with Crippen LogP contribution in [0, 0.1) is 5.82 Å². The largest absolute Gasteiger partial charge is 0.477 e. The van der Waals surface area contributed by atoms with E-state index in [1.807, 2.05) is 6.07 Å². The monoisotopic (exact) mass is 369 g/mol. The van der Waals surface area contributed by atoms with Crippen LogP contribution in [0.3, 0.4) is 0 Å². The Bertz CT molecular complexity index is 1080. The maximum Gasteiger partial charge on any atom is 0.341 e. The number of aromatic carboxylic acids is 1. The number of halogens is 1. The average Bonchev–Trinajstić information content (AvgIpc) is 2.69. The van der Waals surface area contributed by atoms with Crippen LogP contribution in [0.5, 0.6) is 0 Å². The molecule has 3 aromatic rings. The minimum atomic E-state index is -1.37. The SMILES string of the molecule is O=C(O)c1cn(-c2ccccc2)c2nc(N3CCOCC3)c(F)cc2c1=O. The number of nitrogens with zero attached hydrogens (tertiary/aromatic N) is 3. The highest BCUT2D eigenvalue weighted by molar-refractivity contribution is 5.92.